The van der Waals surface area contributed by atoms with Crippen LogP contribution in [0.3, 0.4) is 0 Å². The van der Waals surface area contributed by atoms with Gasteiger partial charge in [0.25, 0.3) is 0 Å². The number of carbonyl (C=O) groups excluding carboxylic acids is 1. The maximum absolute atomic E-state index is 12.5. The van der Waals surface area contributed by atoms with Gasteiger partial charge in [0.15, 0.2) is 0 Å². The standard InChI is InChI=1S/C18H22N6O2/c1-22-11-8-19-18(22)17(26)13-6-9-23(10-7-13)16(25)12-24-20-14-4-2-3-5-15(14)21-24/h2-5,8,11,13,17,26H,6-7,9-10,12H2,1H3/t17-/m1/s1. The number of hydrogen-bond acceptors (Lipinski definition) is 5. The summed E-state index contributed by atoms with van der Waals surface area (Å²) in [5.74, 6) is 0.808. The van der Waals surface area contributed by atoms with Crippen molar-refractivity contribution < 1.29 is 9.90 Å². The molecule has 1 aliphatic heterocycles. The summed E-state index contributed by atoms with van der Waals surface area (Å²) in [5.41, 5.74) is 1.58. The van der Waals surface area contributed by atoms with Crippen molar-refractivity contribution in [3.8, 4) is 0 Å². The second-order valence-electron chi connectivity index (χ2n) is 6.78. The van der Waals surface area contributed by atoms with Crippen molar-refractivity contribution in [2.24, 2.45) is 13.0 Å². The first kappa shape index (κ1) is 16.7. The molecule has 8 nitrogen and oxygen atoms in total. The maximum atomic E-state index is 12.5. The Kier molecular flexibility index (Phi) is 4.42. The Bertz CT molecular complexity index is 876. The SMILES string of the molecule is Cn1ccnc1[C@H](O)C1CCN(C(=O)Cn2nc3ccccc3n2)CC1. The van der Waals surface area contributed by atoms with Crippen LogP contribution in [0.15, 0.2) is 36.7 Å². The smallest absolute Gasteiger partial charge is 0.246 e. The Morgan fingerprint density at radius 3 is 2.46 bits per heavy atom. The number of aliphatic hydroxyl groups is 1. The summed E-state index contributed by atoms with van der Waals surface area (Å²) in [6, 6.07) is 7.57. The summed E-state index contributed by atoms with van der Waals surface area (Å²) in [7, 11) is 1.88. The van der Waals surface area contributed by atoms with Gasteiger partial charge in [-0.3, -0.25) is 4.79 Å². The third kappa shape index (κ3) is 3.20. The van der Waals surface area contributed by atoms with Gasteiger partial charge in [-0.15, -0.1) is 0 Å². The van der Waals surface area contributed by atoms with Crippen LogP contribution in [-0.2, 0) is 18.4 Å². The van der Waals surface area contributed by atoms with Gasteiger partial charge < -0.3 is 14.6 Å². The lowest BCUT2D eigenvalue weighted by atomic mass is 9.90. The second-order valence-corrected chi connectivity index (χ2v) is 6.78. The second kappa shape index (κ2) is 6.87. The molecule has 0 bridgehead atoms. The molecule has 1 aromatic carbocycles. The van der Waals surface area contributed by atoms with E-state index in [0.717, 1.165) is 23.9 Å². The van der Waals surface area contributed by atoms with Crippen molar-refractivity contribution in [2.45, 2.75) is 25.5 Å². The van der Waals surface area contributed by atoms with Crippen LogP contribution in [0.5, 0.6) is 0 Å². The van der Waals surface area contributed by atoms with E-state index in [4.69, 9.17) is 0 Å². The molecule has 3 heterocycles. The number of amides is 1. The average Bonchev–Trinajstić information content (AvgIpc) is 3.26. The summed E-state index contributed by atoms with van der Waals surface area (Å²) in [6.07, 6.45) is 4.45. The zero-order chi connectivity index (χ0) is 18.1. The number of imidazole rings is 1. The fourth-order valence-electron chi connectivity index (χ4n) is 3.53. The van der Waals surface area contributed by atoms with Crippen LogP contribution in [0, 0.1) is 5.92 Å². The van der Waals surface area contributed by atoms with Gasteiger partial charge in [0.2, 0.25) is 5.91 Å². The number of benzene rings is 1. The van der Waals surface area contributed by atoms with E-state index in [1.807, 2.05) is 47.0 Å². The highest BCUT2D eigenvalue weighted by Gasteiger charge is 2.30. The quantitative estimate of drug-likeness (QED) is 0.759. The molecule has 0 unspecified atom stereocenters. The number of carbonyl (C=O) groups is 1. The molecule has 0 saturated carbocycles. The van der Waals surface area contributed by atoms with E-state index in [-0.39, 0.29) is 18.4 Å². The first-order chi connectivity index (χ1) is 12.6. The van der Waals surface area contributed by atoms with Crippen LogP contribution < -0.4 is 0 Å². The number of rotatable bonds is 4. The number of hydrogen-bond donors (Lipinski definition) is 1. The van der Waals surface area contributed by atoms with Crippen molar-refractivity contribution in [1.82, 2.24) is 29.4 Å². The first-order valence-electron chi connectivity index (χ1n) is 8.85. The number of aryl methyl sites for hydroxylation is 1. The number of piperidine rings is 1. The van der Waals surface area contributed by atoms with Crippen LogP contribution in [-0.4, -0.2) is 53.5 Å². The molecule has 0 spiro atoms. The molecule has 0 aliphatic carbocycles. The highest BCUT2D eigenvalue weighted by Crippen LogP contribution is 2.29. The van der Waals surface area contributed by atoms with E-state index < -0.39 is 6.10 Å². The molecular formula is C18H22N6O2. The minimum absolute atomic E-state index is 0.00948. The highest BCUT2D eigenvalue weighted by atomic mass is 16.3. The predicted molar refractivity (Wildman–Crippen MR) is 95.0 cm³/mol. The number of likely N-dealkylation sites (tertiary alicyclic amines) is 1. The van der Waals surface area contributed by atoms with Gasteiger partial charge in [-0.25, -0.2) is 4.98 Å². The largest absolute Gasteiger partial charge is 0.385 e. The molecule has 3 aromatic rings. The third-order valence-corrected chi connectivity index (χ3v) is 5.07. The lowest BCUT2D eigenvalue weighted by molar-refractivity contribution is -0.134. The van der Waals surface area contributed by atoms with Crippen LogP contribution in [0.2, 0.25) is 0 Å². The fourth-order valence-corrected chi connectivity index (χ4v) is 3.53. The average molecular weight is 354 g/mol. The first-order valence-corrected chi connectivity index (χ1v) is 8.85. The Balaban J connectivity index is 1.35. The zero-order valence-corrected chi connectivity index (χ0v) is 14.7. The molecule has 1 saturated heterocycles. The zero-order valence-electron chi connectivity index (χ0n) is 14.7. The third-order valence-electron chi connectivity index (χ3n) is 5.07. The van der Waals surface area contributed by atoms with Crippen molar-refractivity contribution in [3.63, 3.8) is 0 Å². The topological polar surface area (TPSA) is 89.1 Å². The summed E-state index contributed by atoms with van der Waals surface area (Å²) in [5, 5.41) is 19.2. The predicted octanol–water partition coefficient (Wildman–Crippen LogP) is 1.14. The Labute approximate surface area is 151 Å². The summed E-state index contributed by atoms with van der Waals surface area (Å²) < 4.78 is 1.84. The maximum Gasteiger partial charge on any atom is 0.246 e. The van der Waals surface area contributed by atoms with Crippen molar-refractivity contribution in [3.05, 3.63) is 42.5 Å². The molecular weight excluding hydrogens is 332 g/mol. The van der Waals surface area contributed by atoms with E-state index >= 15 is 0 Å². The molecule has 1 atom stereocenters. The van der Waals surface area contributed by atoms with Crippen molar-refractivity contribution >= 4 is 16.9 Å². The van der Waals surface area contributed by atoms with E-state index in [0.29, 0.717) is 18.9 Å². The van der Waals surface area contributed by atoms with Gasteiger partial charge in [-0.05, 0) is 30.9 Å². The van der Waals surface area contributed by atoms with Gasteiger partial charge in [-0.2, -0.15) is 15.0 Å². The number of aliphatic hydroxyl groups excluding tert-OH is 1. The molecule has 1 N–H and O–H groups in total. The highest BCUT2D eigenvalue weighted by molar-refractivity contribution is 5.77. The summed E-state index contributed by atoms with van der Waals surface area (Å²) >= 11 is 0. The molecule has 0 radical (unpaired) electrons. The molecule has 1 amide bonds. The Morgan fingerprint density at radius 2 is 1.88 bits per heavy atom. The van der Waals surface area contributed by atoms with E-state index in [9.17, 15) is 9.90 Å². The van der Waals surface area contributed by atoms with Crippen molar-refractivity contribution in [1.29, 1.82) is 0 Å². The number of fused-ring (bicyclic) bond motifs is 1. The summed E-state index contributed by atoms with van der Waals surface area (Å²) in [6.45, 7) is 1.40. The minimum atomic E-state index is -0.592. The van der Waals surface area contributed by atoms with E-state index in [2.05, 4.69) is 15.2 Å². The van der Waals surface area contributed by atoms with E-state index in [1.54, 1.807) is 6.20 Å². The van der Waals surface area contributed by atoms with E-state index in [1.165, 1.54) is 4.80 Å². The Morgan fingerprint density at radius 1 is 1.23 bits per heavy atom. The summed E-state index contributed by atoms with van der Waals surface area (Å²) in [4.78, 5) is 20.1. The van der Waals surface area contributed by atoms with Crippen LogP contribution in [0.25, 0.3) is 11.0 Å². The molecule has 1 fully saturated rings. The van der Waals surface area contributed by atoms with Crippen LogP contribution in [0.1, 0.15) is 24.8 Å². The molecule has 136 valence electrons. The van der Waals surface area contributed by atoms with Gasteiger partial charge >= 0.3 is 0 Å². The lowest BCUT2D eigenvalue weighted by Crippen LogP contribution is -2.41. The molecule has 2 aromatic heterocycles. The number of aromatic nitrogens is 5. The van der Waals surface area contributed by atoms with Crippen LogP contribution >= 0.6 is 0 Å². The van der Waals surface area contributed by atoms with Crippen LogP contribution in [0.4, 0.5) is 0 Å². The van der Waals surface area contributed by atoms with Gasteiger partial charge in [-0.1, -0.05) is 12.1 Å². The minimum Gasteiger partial charge on any atom is -0.385 e. The lowest BCUT2D eigenvalue weighted by Gasteiger charge is -2.33. The molecule has 4 rings (SSSR count). The van der Waals surface area contributed by atoms with Crippen molar-refractivity contribution in [2.75, 3.05) is 13.1 Å². The molecule has 8 heteroatoms. The molecule has 26 heavy (non-hydrogen) atoms. The normalized spacial score (nSPS) is 16.9. The monoisotopic (exact) mass is 354 g/mol. The van der Waals surface area contributed by atoms with Gasteiger partial charge in [0.1, 0.15) is 29.5 Å². The Hall–Kier alpha value is -2.74. The van der Waals surface area contributed by atoms with Gasteiger partial charge in [0.05, 0.1) is 0 Å². The fraction of sp³-hybridized carbons (Fsp3) is 0.444. The molecule has 1 aliphatic rings. The van der Waals surface area contributed by atoms with Gasteiger partial charge in [0, 0.05) is 32.5 Å². The number of nitrogens with zero attached hydrogens (tertiary/aromatic N) is 6.